The zero-order valence-electron chi connectivity index (χ0n) is 14.9. The van der Waals surface area contributed by atoms with Crippen LogP contribution in [0, 0.1) is 17.2 Å². The molecule has 3 N–H and O–H groups in total. The van der Waals surface area contributed by atoms with Crippen molar-refractivity contribution in [3.63, 3.8) is 0 Å². The van der Waals surface area contributed by atoms with E-state index in [1.165, 1.54) is 12.1 Å². The molecular weight excluding hydrogens is 391 g/mol. The summed E-state index contributed by atoms with van der Waals surface area (Å²) in [6.45, 7) is 1.10. The van der Waals surface area contributed by atoms with Crippen LogP contribution >= 0.6 is 0 Å². The first kappa shape index (κ1) is 19.2. The first-order chi connectivity index (χ1) is 13.8. The molecule has 3 unspecified atom stereocenters. The van der Waals surface area contributed by atoms with Crippen LogP contribution in [0.4, 0.5) is 18.9 Å². The van der Waals surface area contributed by atoms with Gasteiger partial charge in [-0.15, -0.1) is 0 Å². The number of halogens is 3. The maximum absolute atomic E-state index is 12.6. The number of nitrogens with one attached hydrogen (secondary N) is 1. The Hall–Kier alpha value is -3.10. The number of aromatic nitrogens is 2. The van der Waals surface area contributed by atoms with Crippen LogP contribution in [0.5, 0.6) is 0 Å². The molecule has 1 aliphatic heterocycles. The normalized spacial score (nSPS) is 24.4. The molecule has 1 fully saturated rings. The van der Waals surface area contributed by atoms with Crippen molar-refractivity contribution in [2.24, 2.45) is 5.92 Å². The van der Waals surface area contributed by atoms with E-state index in [0.29, 0.717) is 42.2 Å². The third-order valence-corrected chi connectivity index (χ3v) is 4.95. The van der Waals surface area contributed by atoms with Gasteiger partial charge in [0, 0.05) is 24.3 Å². The summed E-state index contributed by atoms with van der Waals surface area (Å²) >= 11 is 0. The predicted octanol–water partition coefficient (Wildman–Crippen LogP) is 1.96. The SMILES string of the molecule is N#CC1CCN(C2=C(Nc3ccc(-c4noc(C(F)(F)F)n4)cc3)C(O)C2O)C1. The van der Waals surface area contributed by atoms with Gasteiger partial charge < -0.3 is 25.0 Å². The molecule has 0 saturated carbocycles. The molecule has 0 amide bonds. The molecule has 0 spiro atoms. The topological polar surface area (TPSA) is 118 Å². The monoisotopic (exact) mass is 407 g/mol. The van der Waals surface area contributed by atoms with Gasteiger partial charge >= 0.3 is 12.1 Å². The quantitative estimate of drug-likeness (QED) is 0.704. The Kier molecular flexibility index (Phi) is 4.68. The van der Waals surface area contributed by atoms with Gasteiger partial charge in [0.05, 0.1) is 23.4 Å². The molecule has 29 heavy (non-hydrogen) atoms. The van der Waals surface area contributed by atoms with Crippen LogP contribution in [0.1, 0.15) is 12.3 Å². The molecule has 2 aromatic rings. The van der Waals surface area contributed by atoms with Gasteiger partial charge in [0.15, 0.2) is 0 Å². The maximum atomic E-state index is 12.6. The number of rotatable bonds is 4. The van der Waals surface area contributed by atoms with Crippen LogP contribution < -0.4 is 5.32 Å². The van der Waals surface area contributed by atoms with E-state index < -0.39 is 24.3 Å². The van der Waals surface area contributed by atoms with Gasteiger partial charge in [0.2, 0.25) is 5.82 Å². The molecule has 2 heterocycles. The van der Waals surface area contributed by atoms with Crippen LogP contribution in [0.25, 0.3) is 11.4 Å². The predicted molar refractivity (Wildman–Crippen MR) is 92.7 cm³/mol. The first-order valence-corrected chi connectivity index (χ1v) is 8.81. The number of hydrogen-bond donors (Lipinski definition) is 3. The van der Waals surface area contributed by atoms with Crippen LogP contribution in [-0.4, -0.2) is 50.6 Å². The van der Waals surface area contributed by atoms with Crippen molar-refractivity contribution < 1.29 is 27.9 Å². The van der Waals surface area contributed by atoms with Gasteiger partial charge in [-0.05, 0) is 30.7 Å². The summed E-state index contributed by atoms with van der Waals surface area (Å²) in [4.78, 5) is 5.21. The zero-order chi connectivity index (χ0) is 20.8. The lowest BCUT2D eigenvalue weighted by Gasteiger charge is -2.40. The fourth-order valence-corrected chi connectivity index (χ4v) is 3.42. The fraction of sp³-hybridized carbons (Fsp3) is 0.389. The highest BCUT2D eigenvalue weighted by atomic mass is 19.4. The summed E-state index contributed by atoms with van der Waals surface area (Å²) in [5, 5.41) is 35.6. The van der Waals surface area contributed by atoms with Gasteiger partial charge in [-0.3, -0.25) is 0 Å². The highest BCUT2D eigenvalue weighted by Crippen LogP contribution is 2.36. The van der Waals surface area contributed by atoms with Gasteiger partial charge in [-0.1, -0.05) is 5.16 Å². The van der Waals surface area contributed by atoms with Crippen molar-refractivity contribution in [3.8, 4) is 17.5 Å². The molecule has 1 aromatic heterocycles. The van der Waals surface area contributed by atoms with Gasteiger partial charge in [0.25, 0.3) is 0 Å². The molecule has 152 valence electrons. The third-order valence-electron chi connectivity index (χ3n) is 4.95. The zero-order valence-corrected chi connectivity index (χ0v) is 14.9. The Morgan fingerprint density at radius 3 is 2.52 bits per heavy atom. The van der Waals surface area contributed by atoms with E-state index in [9.17, 15) is 23.4 Å². The van der Waals surface area contributed by atoms with E-state index in [4.69, 9.17) is 5.26 Å². The van der Waals surface area contributed by atoms with Crippen LogP contribution in [0.15, 0.2) is 40.2 Å². The molecule has 0 radical (unpaired) electrons. The highest BCUT2D eigenvalue weighted by molar-refractivity contribution is 5.62. The van der Waals surface area contributed by atoms with E-state index in [1.54, 1.807) is 12.1 Å². The molecule has 1 saturated heterocycles. The standard InChI is InChI=1S/C18H16F3N5O3/c19-18(20,21)17-24-16(25-29-17)10-1-3-11(4-2-10)23-12-13(15(28)14(12)27)26-6-5-9(7-22)8-26/h1-4,9,14-15,23,27-28H,5-6,8H2. The van der Waals surface area contributed by atoms with Crippen molar-refractivity contribution in [1.82, 2.24) is 15.0 Å². The molecular formula is C18H16F3N5O3. The summed E-state index contributed by atoms with van der Waals surface area (Å²) in [5.74, 6) is -1.73. The van der Waals surface area contributed by atoms with Crippen LogP contribution in [0.2, 0.25) is 0 Å². The summed E-state index contributed by atoms with van der Waals surface area (Å²) in [7, 11) is 0. The lowest BCUT2D eigenvalue weighted by molar-refractivity contribution is -0.159. The van der Waals surface area contributed by atoms with Crippen molar-refractivity contribution in [2.45, 2.75) is 24.8 Å². The van der Waals surface area contributed by atoms with E-state index in [0.717, 1.165) is 0 Å². The number of hydrogen-bond acceptors (Lipinski definition) is 8. The molecule has 3 atom stereocenters. The Morgan fingerprint density at radius 2 is 1.93 bits per heavy atom. The van der Waals surface area contributed by atoms with Crippen molar-refractivity contribution in [2.75, 3.05) is 18.4 Å². The smallest absolute Gasteiger partial charge is 0.384 e. The Balaban J connectivity index is 1.51. The number of anilines is 1. The lowest BCUT2D eigenvalue weighted by atomic mass is 9.91. The number of nitriles is 1. The van der Waals surface area contributed by atoms with Gasteiger partial charge in [-0.25, -0.2) is 0 Å². The van der Waals surface area contributed by atoms with E-state index >= 15 is 0 Å². The van der Waals surface area contributed by atoms with Crippen molar-refractivity contribution in [3.05, 3.63) is 41.6 Å². The number of aliphatic hydroxyl groups is 2. The van der Waals surface area contributed by atoms with E-state index in [2.05, 4.69) is 26.0 Å². The van der Waals surface area contributed by atoms with Crippen LogP contribution in [-0.2, 0) is 6.18 Å². The van der Waals surface area contributed by atoms with Crippen molar-refractivity contribution in [1.29, 1.82) is 5.26 Å². The number of likely N-dealkylation sites (tertiary alicyclic amines) is 1. The average molecular weight is 407 g/mol. The number of alkyl halides is 3. The lowest BCUT2D eigenvalue weighted by Crippen LogP contribution is -2.50. The molecule has 4 rings (SSSR count). The molecule has 2 aliphatic rings. The summed E-state index contributed by atoms with van der Waals surface area (Å²) in [6.07, 6.45) is -6.14. The minimum atomic E-state index is -4.71. The summed E-state index contributed by atoms with van der Waals surface area (Å²) in [5.41, 5.74) is 1.87. The number of benzene rings is 1. The second kappa shape index (κ2) is 7.06. The summed E-state index contributed by atoms with van der Waals surface area (Å²) < 4.78 is 41.9. The van der Waals surface area contributed by atoms with E-state index in [-0.39, 0.29) is 11.7 Å². The van der Waals surface area contributed by atoms with Crippen LogP contribution in [0.3, 0.4) is 0 Å². The third kappa shape index (κ3) is 3.52. The first-order valence-electron chi connectivity index (χ1n) is 8.81. The Bertz CT molecular complexity index is 980. The number of aliphatic hydroxyl groups excluding tert-OH is 2. The van der Waals surface area contributed by atoms with Gasteiger partial charge in [0.1, 0.15) is 12.2 Å². The summed E-state index contributed by atoms with van der Waals surface area (Å²) in [6, 6.07) is 8.40. The fourth-order valence-electron chi connectivity index (χ4n) is 3.42. The molecule has 11 heteroatoms. The average Bonchev–Trinajstić information content (AvgIpc) is 3.37. The second-order valence-electron chi connectivity index (χ2n) is 6.87. The molecule has 1 aromatic carbocycles. The second-order valence-corrected chi connectivity index (χ2v) is 6.87. The number of nitrogens with zero attached hydrogens (tertiary/aromatic N) is 4. The molecule has 1 aliphatic carbocycles. The Morgan fingerprint density at radius 1 is 1.21 bits per heavy atom. The molecule has 0 bridgehead atoms. The maximum Gasteiger partial charge on any atom is 0.471 e. The van der Waals surface area contributed by atoms with Gasteiger partial charge in [-0.2, -0.15) is 23.4 Å². The minimum Gasteiger partial charge on any atom is -0.384 e. The minimum absolute atomic E-state index is 0.121. The molecule has 8 nitrogen and oxygen atoms in total. The van der Waals surface area contributed by atoms with E-state index in [1.807, 2.05) is 4.90 Å². The largest absolute Gasteiger partial charge is 0.471 e. The van der Waals surface area contributed by atoms with Crippen molar-refractivity contribution >= 4 is 5.69 Å². The highest BCUT2D eigenvalue weighted by Gasteiger charge is 2.43. The Labute approximate surface area is 162 Å².